The van der Waals surface area contributed by atoms with Gasteiger partial charge in [-0.05, 0) is 40.8 Å². The lowest BCUT2D eigenvalue weighted by Crippen LogP contribution is -2.33. The van der Waals surface area contributed by atoms with Gasteiger partial charge < -0.3 is 5.32 Å². The van der Waals surface area contributed by atoms with E-state index >= 15 is 0 Å². The van der Waals surface area contributed by atoms with E-state index in [-0.39, 0.29) is 28.2 Å². The van der Waals surface area contributed by atoms with Gasteiger partial charge in [0.05, 0.1) is 21.6 Å². The number of carbonyl (C=O) groups excluding carboxylic acids is 3. The first kappa shape index (κ1) is 29.5. The number of hydrogen-bond acceptors (Lipinski definition) is 8. The Kier molecular flexibility index (Phi) is 7.50. The molecule has 0 spiro atoms. The van der Waals surface area contributed by atoms with Crippen LogP contribution in [0.2, 0.25) is 0 Å². The second-order valence-electron chi connectivity index (χ2n) is 11.7. The van der Waals surface area contributed by atoms with Gasteiger partial charge in [0.2, 0.25) is 17.7 Å². The van der Waals surface area contributed by atoms with Crippen molar-refractivity contribution in [1.82, 2.24) is 4.57 Å². The van der Waals surface area contributed by atoms with Gasteiger partial charge in [-0.2, -0.15) is 0 Å². The third kappa shape index (κ3) is 5.24. The Hall–Kier alpha value is -4.55. The van der Waals surface area contributed by atoms with Crippen LogP contribution in [0.25, 0.3) is 0 Å². The van der Waals surface area contributed by atoms with Crippen molar-refractivity contribution >= 4 is 57.9 Å². The predicted molar refractivity (Wildman–Crippen MR) is 169 cm³/mol. The topological polar surface area (TPSA) is 132 Å². The number of thiazole rings is 1. The number of fused-ring (bicyclic) bond motifs is 2. The highest BCUT2D eigenvalue weighted by Gasteiger charge is 2.56. The smallest absolute Gasteiger partial charge is 0.308 e. The summed E-state index contributed by atoms with van der Waals surface area (Å²) in [6, 6.07) is 22.1. The van der Waals surface area contributed by atoms with E-state index in [9.17, 15) is 29.3 Å². The Morgan fingerprint density at radius 1 is 0.932 bits per heavy atom. The number of anilines is 2. The Labute approximate surface area is 260 Å². The van der Waals surface area contributed by atoms with Crippen molar-refractivity contribution in [1.29, 1.82) is 0 Å². The van der Waals surface area contributed by atoms with Crippen LogP contribution < -0.4 is 15.1 Å². The molecule has 10 nitrogen and oxygen atoms in total. The SMILES string of the molecule is CC(C)(C)c1ccc([C@@H]2c3sc(=O)n(CC(=O)Nc4ccccc4)c3SC3C(=O)N(c4ccc([N+](=O)[O-])cc4)C(=O)C32)cc1. The van der Waals surface area contributed by atoms with E-state index in [1.807, 2.05) is 30.3 Å². The zero-order valence-electron chi connectivity index (χ0n) is 24.1. The van der Waals surface area contributed by atoms with Gasteiger partial charge >= 0.3 is 4.87 Å². The minimum Gasteiger partial charge on any atom is -0.325 e. The Bertz CT molecular complexity index is 1840. The fourth-order valence-electron chi connectivity index (χ4n) is 5.65. The van der Waals surface area contributed by atoms with Crippen LogP contribution in [0.3, 0.4) is 0 Å². The number of nitrogens with zero attached hydrogens (tertiary/aromatic N) is 3. The summed E-state index contributed by atoms with van der Waals surface area (Å²) in [7, 11) is 0. The number of amides is 3. The van der Waals surface area contributed by atoms with E-state index in [1.54, 1.807) is 24.3 Å². The van der Waals surface area contributed by atoms with E-state index in [4.69, 9.17) is 0 Å². The number of imide groups is 1. The minimum atomic E-state index is -0.866. The number of benzene rings is 3. The molecule has 1 N–H and O–H groups in total. The molecule has 1 fully saturated rings. The average Bonchev–Trinajstić information content (AvgIpc) is 3.43. The molecule has 3 atom stereocenters. The van der Waals surface area contributed by atoms with E-state index in [0.29, 0.717) is 15.6 Å². The number of nitro benzene ring substituents is 1. The van der Waals surface area contributed by atoms with Crippen molar-refractivity contribution in [2.45, 2.75) is 48.9 Å². The predicted octanol–water partition coefficient (Wildman–Crippen LogP) is 5.55. The van der Waals surface area contributed by atoms with Crippen LogP contribution in [0.15, 0.2) is 88.7 Å². The number of thioether (sulfide) groups is 1. The van der Waals surface area contributed by atoms with E-state index in [2.05, 4.69) is 26.1 Å². The number of aromatic nitrogens is 1. The van der Waals surface area contributed by atoms with Crippen molar-refractivity contribution in [3.8, 4) is 0 Å². The quantitative estimate of drug-likeness (QED) is 0.168. The van der Waals surface area contributed by atoms with Crippen LogP contribution in [0.4, 0.5) is 17.1 Å². The van der Waals surface area contributed by atoms with E-state index in [1.165, 1.54) is 28.8 Å². The maximum Gasteiger partial charge on any atom is 0.308 e. The van der Waals surface area contributed by atoms with Gasteiger partial charge in [-0.25, -0.2) is 4.90 Å². The molecule has 0 bridgehead atoms. The molecule has 4 aromatic rings. The molecule has 0 aliphatic carbocycles. The highest BCUT2D eigenvalue weighted by Crippen LogP contribution is 2.54. The molecule has 3 amide bonds. The summed E-state index contributed by atoms with van der Waals surface area (Å²) in [5.74, 6) is -2.74. The molecule has 12 heteroatoms. The first-order chi connectivity index (χ1) is 20.9. The Morgan fingerprint density at radius 3 is 2.20 bits per heavy atom. The number of non-ortho nitro benzene ring substituents is 1. The van der Waals surface area contributed by atoms with E-state index < -0.39 is 39.7 Å². The molecule has 2 unspecified atom stereocenters. The molecule has 1 aromatic heterocycles. The standard InChI is InChI=1S/C32H28N4O6S2/c1-32(2,3)19-11-9-18(10-12-19)24-25-26(29(39)35(28(25)38)21-13-15-22(16-14-21)36(41)42)43-30-27(24)44-31(40)34(30)17-23(37)33-20-7-5-4-6-8-20/h4-16,24-26H,17H2,1-3H3,(H,33,37)/t24-,25?,26?/m0/s1. The summed E-state index contributed by atoms with van der Waals surface area (Å²) in [5.41, 5.74) is 2.44. The number of hydrogen-bond donors (Lipinski definition) is 1. The van der Waals surface area contributed by atoms with Crippen molar-refractivity contribution in [2.24, 2.45) is 5.92 Å². The van der Waals surface area contributed by atoms with Crippen LogP contribution in [0.1, 0.15) is 42.7 Å². The van der Waals surface area contributed by atoms with Gasteiger partial charge in [0.15, 0.2) is 0 Å². The van der Waals surface area contributed by atoms with Gasteiger partial charge in [0.25, 0.3) is 5.69 Å². The lowest BCUT2D eigenvalue weighted by molar-refractivity contribution is -0.384. The van der Waals surface area contributed by atoms with Crippen LogP contribution >= 0.6 is 23.1 Å². The number of nitro groups is 1. The fourth-order valence-corrected chi connectivity index (χ4v) is 8.42. The lowest BCUT2D eigenvalue weighted by atomic mass is 9.81. The van der Waals surface area contributed by atoms with Crippen molar-refractivity contribution < 1.29 is 19.3 Å². The molecule has 2 aliphatic heterocycles. The van der Waals surface area contributed by atoms with Crippen LogP contribution in [-0.2, 0) is 26.3 Å². The largest absolute Gasteiger partial charge is 0.325 e. The first-order valence-corrected chi connectivity index (χ1v) is 15.6. The molecule has 0 saturated carbocycles. The Morgan fingerprint density at radius 2 is 1.59 bits per heavy atom. The molecule has 1 saturated heterocycles. The molecule has 2 aliphatic rings. The van der Waals surface area contributed by atoms with Crippen molar-refractivity contribution in [3.63, 3.8) is 0 Å². The molecule has 44 heavy (non-hydrogen) atoms. The summed E-state index contributed by atoms with van der Waals surface area (Å²) in [4.78, 5) is 66.4. The van der Waals surface area contributed by atoms with Gasteiger partial charge in [-0.1, -0.05) is 86.3 Å². The second kappa shape index (κ2) is 11.2. The fraction of sp³-hybridized carbons (Fsp3) is 0.250. The maximum atomic E-state index is 14.1. The molecular weight excluding hydrogens is 601 g/mol. The maximum absolute atomic E-state index is 14.1. The third-order valence-corrected chi connectivity index (χ3v) is 10.5. The molecule has 3 aromatic carbocycles. The Balaban J connectivity index is 1.42. The highest BCUT2D eigenvalue weighted by atomic mass is 32.2. The normalized spacial score (nSPS) is 19.4. The monoisotopic (exact) mass is 628 g/mol. The summed E-state index contributed by atoms with van der Waals surface area (Å²) in [5, 5.41) is 13.6. The molecule has 6 rings (SSSR count). The summed E-state index contributed by atoms with van der Waals surface area (Å²) >= 11 is 2.10. The van der Waals surface area contributed by atoms with Gasteiger partial charge in [-0.3, -0.25) is 33.9 Å². The summed E-state index contributed by atoms with van der Waals surface area (Å²) in [6.07, 6.45) is 0. The average molecular weight is 629 g/mol. The minimum absolute atomic E-state index is 0.110. The molecule has 224 valence electrons. The lowest BCUT2D eigenvalue weighted by Gasteiger charge is -2.31. The van der Waals surface area contributed by atoms with Crippen molar-refractivity contribution in [2.75, 3.05) is 10.2 Å². The van der Waals surface area contributed by atoms with Crippen LogP contribution in [-0.4, -0.2) is 32.5 Å². The number of nitrogens with one attached hydrogen (secondary N) is 1. The number of rotatable bonds is 6. The van der Waals surface area contributed by atoms with Crippen LogP contribution in [0, 0.1) is 16.0 Å². The highest BCUT2D eigenvalue weighted by molar-refractivity contribution is 8.00. The summed E-state index contributed by atoms with van der Waals surface area (Å²) in [6.45, 7) is 6.04. The molecular formula is C32H28N4O6S2. The number of carbonyl (C=O) groups is 3. The molecule has 0 radical (unpaired) electrons. The van der Waals surface area contributed by atoms with Crippen LogP contribution in [0.5, 0.6) is 0 Å². The zero-order chi connectivity index (χ0) is 31.3. The van der Waals surface area contributed by atoms with Gasteiger partial charge in [0, 0.05) is 28.6 Å². The first-order valence-electron chi connectivity index (χ1n) is 13.9. The molecule has 3 heterocycles. The van der Waals surface area contributed by atoms with E-state index in [0.717, 1.165) is 39.1 Å². The van der Waals surface area contributed by atoms with Gasteiger partial charge in [-0.15, -0.1) is 0 Å². The zero-order valence-corrected chi connectivity index (χ0v) is 25.7. The third-order valence-electron chi connectivity index (χ3n) is 7.86. The second-order valence-corrected chi connectivity index (χ2v) is 13.9. The summed E-state index contributed by atoms with van der Waals surface area (Å²) < 4.78 is 1.38. The van der Waals surface area contributed by atoms with Crippen molar-refractivity contribution in [3.05, 3.63) is 115 Å². The van der Waals surface area contributed by atoms with Gasteiger partial charge in [0.1, 0.15) is 11.8 Å². The number of para-hydroxylation sites is 1.